The number of thiocarbonyl (C=S) groups is 1. The predicted octanol–water partition coefficient (Wildman–Crippen LogP) is 6.73. The van der Waals surface area contributed by atoms with Gasteiger partial charge in [-0.05, 0) is 67.2 Å². The van der Waals surface area contributed by atoms with E-state index in [2.05, 4.69) is 20.9 Å². The van der Waals surface area contributed by atoms with E-state index in [0.29, 0.717) is 38.6 Å². The first-order valence-electron chi connectivity index (χ1n) is 10.2. The number of halogens is 2. The highest BCUT2D eigenvalue weighted by molar-refractivity contribution is 7.80. The van der Waals surface area contributed by atoms with E-state index in [0.717, 1.165) is 16.6 Å². The molecule has 0 fully saturated rings. The average Bonchev–Trinajstić information content (AvgIpc) is 3.40. The lowest BCUT2D eigenvalue weighted by Gasteiger charge is -2.08. The molecule has 4 rings (SSSR count). The Morgan fingerprint density at radius 1 is 1.09 bits per heavy atom. The van der Waals surface area contributed by atoms with Gasteiger partial charge >= 0.3 is 0 Å². The lowest BCUT2D eigenvalue weighted by atomic mass is 10.2. The molecule has 2 amide bonds. The van der Waals surface area contributed by atoms with Crippen LogP contribution in [0.4, 0.5) is 10.8 Å². The number of aromatic nitrogens is 1. The zero-order chi connectivity index (χ0) is 24.2. The van der Waals surface area contributed by atoms with Gasteiger partial charge in [0.25, 0.3) is 5.91 Å². The second-order valence-corrected chi connectivity index (χ2v) is 9.48. The van der Waals surface area contributed by atoms with Crippen LogP contribution in [0.25, 0.3) is 21.5 Å². The molecule has 2 aromatic carbocycles. The van der Waals surface area contributed by atoms with Crippen LogP contribution in [0, 0.1) is 0 Å². The van der Waals surface area contributed by atoms with Crippen LogP contribution in [-0.4, -0.2) is 21.9 Å². The van der Waals surface area contributed by atoms with Crippen LogP contribution in [0.3, 0.4) is 0 Å². The van der Waals surface area contributed by atoms with Crippen molar-refractivity contribution in [3.63, 3.8) is 0 Å². The summed E-state index contributed by atoms with van der Waals surface area (Å²) in [4.78, 5) is 28.8. The number of anilines is 2. The van der Waals surface area contributed by atoms with Crippen LogP contribution in [0.15, 0.2) is 52.9 Å². The fourth-order valence-electron chi connectivity index (χ4n) is 3.09. The molecule has 2 heterocycles. The number of nitrogens with one attached hydrogen (secondary N) is 3. The number of hydrogen-bond donors (Lipinski definition) is 3. The van der Waals surface area contributed by atoms with Crippen molar-refractivity contribution >= 4 is 84.7 Å². The first-order chi connectivity index (χ1) is 16.3. The van der Waals surface area contributed by atoms with Crippen molar-refractivity contribution in [3.05, 3.63) is 64.3 Å². The van der Waals surface area contributed by atoms with Crippen molar-refractivity contribution in [2.45, 2.75) is 19.8 Å². The number of rotatable bonds is 6. The maximum Gasteiger partial charge on any atom is 0.293 e. The molecule has 11 heteroatoms. The summed E-state index contributed by atoms with van der Waals surface area (Å²) in [7, 11) is 0. The second-order valence-electron chi connectivity index (χ2n) is 7.20. The maximum atomic E-state index is 12.6. The molecule has 0 aliphatic rings. The third-order valence-electron chi connectivity index (χ3n) is 4.62. The van der Waals surface area contributed by atoms with Crippen LogP contribution in [0.2, 0.25) is 10.0 Å². The molecule has 0 saturated carbocycles. The van der Waals surface area contributed by atoms with Crippen LogP contribution in [0.5, 0.6) is 0 Å². The zero-order valence-electron chi connectivity index (χ0n) is 17.8. The summed E-state index contributed by atoms with van der Waals surface area (Å²) >= 11 is 18.8. The van der Waals surface area contributed by atoms with Gasteiger partial charge in [-0.15, -0.1) is 0 Å². The lowest BCUT2D eigenvalue weighted by Crippen LogP contribution is -2.33. The molecule has 174 valence electrons. The van der Waals surface area contributed by atoms with Crippen molar-refractivity contribution in [2.24, 2.45) is 0 Å². The third kappa shape index (κ3) is 5.74. The van der Waals surface area contributed by atoms with E-state index in [9.17, 15) is 9.59 Å². The lowest BCUT2D eigenvalue weighted by molar-refractivity contribution is -0.116. The number of furan rings is 1. The number of carbonyl (C=O) groups excluding carboxylic acids is 2. The summed E-state index contributed by atoms with van der Waals surface area (Å²) in [6.07, 6.45) is 1.21. The zero-order valence-corrected chi connectivity index (χ0v) is 20.9. The van der Waals surface area contributed by atoms with Gasteiger partial charge in [0.15, 0.2) is 16.0 Å². The Hall–Kier alpha value is -2.98. The molecular formula is C23H18Cl2N4O3S2. The molecule has 0 unspecified atom stereocenters. The highest BCUT2D eigenvalue weighted by atomic mass is 35.5. The number of nitrogens with zero attached hydrogens (tertiary/aromatic N) is 1. The summed E-state index contributed by atoms with van der Waals surface area (Å²) in [5.74, 6) is -0.0597. The number of thiazole rings is 1. The Kier molecular flexibility index (Phi) is 7.47. The second kappa shape index (κ2) is 10.5. The maximum absolute atomic E-state index is 12.6. The Morgan fingerprint density at radius 3 is 2.68 bits per heavy atom. The van der Waals surface area contributed by atoms with Gasteiger partial charge in [0.2, 0.25) is 5.91 Å². The van der Waals surface area contributed by atoms with Crippen LogP contribution in [-0.2, 0) is 4.79 Å². The molecule has 0 saturated heterocycles. The molecule has 0 spiro atoms. The minimum absolute atomic E-state index is 0.0665. The van der Waals surface area contributed by atoms with E-state index in [1.54, 1.807) is 30.3 Å². The van der Waals surface area contributed by atoms with Crippen molar-refractivity contribution in [3.8, 4) is 11.3 Å². The molecule has 2 aromatic heterocycles. The topological polar surface area (TPSA) is 96.3 Å². The Morgan fingerprint density at radius 2 is 1.91 bits per heavy atom. The Labute approximate surface area is 214 Å². The van der Waals surface area contributed by atoms with Gasteiger partial charge in [0, 0.05) is 22.7 Å². The normalized spacial score (nSPS) is 10.8. The van der Waals surface area contributed by atoms with E-state index in [1.165, 1.54) is 17.4 Å². The number of fused-ring (bicyclic) bond motifs is 1. The molecule has 7 nitrogen and oxygen atoms in total. The number of hydrogen-bond acceptors (Lipinski definition) is 6. The molecule has 0 radical (unpaired) electrons. The molecule has 0 atom stereocenters. The quantitative estimate of drug-likeness (QED) is 0.238. The average molecular weight is 533 g/mol. The minimum Gasteiger partial charge on any atom is -0.451 e. The van der Waals surface area contributed by atoms with Crippen molar-refractivity contribution in [2.75, 3.05) is 10.6 Å². The predicted molar refractivity (Wildman–Crippen MR) is 141 cm³/mol. The summed E-state index contributed by atoms with van der Waals surface area (Å²) < 4.78 is 6.51. The summed E-state index contributed by atoms with van der Waals surface area (Å²) in [6, 6.07) is 13.6. The van der Waals surface area contributed by atoms with Gasteiger partial charge in [-0.2, -0.15) is 0 Å². The van der Waals surface area contributed by atoms with E-state index >= 15 is 0 Å². The van der Waals surface area contributed by atoms with E-state index < -0.39 is 5.91 Å². The van der Waals surface area contributed by atoms with Crippen LogP contribution >= 0.6 is 46.8 Å². The standard InChI is InChI=1S/C23H18Cl2N4O3S2/c1-2-3-20(30)28-23-27-16-7-5-13(11-19(16)34-23)26-22(33)29-21(31)18-9-8-17(32-18)14-6-4-12(24)10-15(14)25/h4-11H,2-3H2,1H3,(H,27,28,30)(H2,26,29,31,33). The van der Waals surface area contributed by atoms with E-state index in [4.69, 9.17) is 39.8 Å². The smallest absolute Gasteiger partial charge is 0.293 e. The monoisotopic (exact) mass is 532 g/mol. The number of carbonyl (C=O) groups is 2. The summed E-state index contributed by atoms with van der Waals surface area (Å²) in [5, 5.41) is 9.92. The van der Waals surface area contributed by atoms with E-state index in [-0.39, 0.29) is 16.8 Å². The van der Waals surface area contributed by atoms with Gasteiger partial charge in [-0.3, -0.25) is 14.9 Å². The largest absolute Gasteiger partial charge is 0.451 e. The Balaban J connectivity index is 1.40. The minimum atomic E-state index is -0.506. The first kappa shape index (κ1) is 24.2. The van der Waals surface area contributed by atoms with Gasteiger partial charge in [-0.1, -0.05) is 41.5 Å². The molecule has 0 bridgehead atoms. The van der Waals surface area contributed by atoms with Gasteiger partial charge in [0.1, 0.15) is 5.76 Å². The molecule has 0 aliphatic heterocycles. The molecule has 34 heavy (non-hydrogen) atoms. The van der Waals surface area contributed by atoms with Gasteiger partial charge in [0.05, 0.1) is 15.2 Å². The SMILES string of the molecule is CCCC(=O)Nc1nc2ccc(NC(=S)NC(=O)c3ccc(-c4ccc(Cl)cc4Cl)o3)cc2s1. The molecule has 0 aliphatic carbocycles. The highest BCUT2D eigenvalue weighted by Crippen LogP contribution is 2.32. The summed E-state index contributed by atoms with van der Waals surface area (Å²) in [5.41, 5.74) is 2.04. The van der Waals surface area contributed by atoms with Gasteiger partial charge in [-0.25, -0.2) is 4.98 Å². The first-order valence-corrected chi connectivity index (χ1v) is 12.2. The van der Waals surface area contributed by atoms with E-state index in [1.807, 2.05) is 19.1 Å². The molecule has 4 aromatic rings. The van der Waals surface area contributed by atoms with Crippen LogP contribution < -0.4 is 16.0 Å². The van der Waals surface area contributed by atoms with Gasteiger partial charge < -0.3 is 15.1 Å². The van der Waals surface area contributed by atoms with Crippen LogP contribution in [0.1, 0.15) is 30.3 Å². The Bertz CT molecular complexity index is 1400. The molecular weight excluding hydrogens is 515 g/mol. The van der Waals surface area contributed by atoms with Crippen molar-refractivity contribution < 1.29 is 14.0 Å². The fraction of sp³-hybridized carbons (Fsp3) is 0.130. The number of benzene rings is 2. The van der Waals surface area contributed by atoms with Crippen molar-refractivity contribution in [1.82, 2.24) is 10.3 Å². The third-order valence-corrected chi connectivity index (χ3v) is 6.31. The van der Waals surface area contributed by atoms with Crippen molar-refractivity contribution in [1.29, 1.82) is 0 Å². The summed E-state index contributed by atoms with van der Waals surface area (Å²) in [6.45, 7) is 1.94. The fourth-order valence-corrected chi connectivity index (χ4v) is 4.72. The highest BCUT2D eigenvalue weighted by Gasteiger charge is 2.16. The number of amides is 2. The molecule has 3 N–H and O–H groups in total.